The first-order chi connectivity index (χ1) is 8.00. The molecule has 4 heteroatoms. The molecule has 0 spiro atoms. The number of hydrogen-bond donors (Lipinski definition) is 2. The Morgan fingerprint density at radius 3 is 2.71 bits per heavy atom. The van der Waals surface area contributed by atoms with Gasteiger partial charge >= 0.3 is 5.97 Å². The number of nitrogens with zero attached hydrogens (tertiary/aromatic N) is 1. The average Bonchev–Trinajstić information content (AvgIpc) is 2.27. The van der Waals surface area contributed by atoms with Gasteiger partial charge in [-0.15, -0.1) is 0 Å². The number of aryl methyl sites for hydroxylation is 1. The lowest BCUT2D eigenvalue weighted by atomic mass is 10.1. The van der Waals surface area contributed by atoms with Crippen LogP contribution in [-0.4, -0.2) is 42.2 Å². The monoisotopic (exact) mass is 236 g/mol. The Hall–Kier alpha value is -1.39. The quantitative estimate of drug-likeness (QED) is 0.769. The topological polar surface area (TPSA) is 66.6 Å². The Morgan fingerprint density at radius 2 is 2.12 bits per heavy atom. The van der Waals surface area contributed by atoms with Crippen LogP contribution in [0.25, 0.3) is 0 Å². The smallest absolute Gasteiger partial charge is 0.321 e. The highest BCUT2D eigenvalue weighted by Crippen LogP contribution is 2.08. The van der Waals surface area contributed by atoms with Crippen molar-refractivity contribution >= 4 is 5.97 Å². The maximum absolute atomic E-state index is 10.6. The summed E-state index contributed by atoms with van der Waals surface area (Å²) in [6, 6.07) is 7.41. The second-order valence-electron chi connectivity index (χ2n) is 4.38. The van der Waals surface area contributed by atoms with E-state index in [0.29, 0.717) is 6.54 Å². The highest BCUT2D eigenvalue weighted by molar-refractivity contribution is 5.73. The Morgan fingerprint density at radius 1 is 1.47 bits per heavy atom. The van der Waals surface area contributed by atoms with Gasteiger partial charge in [-0.2, -0.15) is 0 Å². The van der Waals surface area contributed by atoms with Crippen LogP contribution in [0.4, 0.5) is 0 Å². The molecule has 0 fully saturated rings. The fourth-order valence-corrected chi connectivity index (χ4v) is 1.71. The Kier molecular flexibility index (Phi) is 5.12. The number of likely N-dealkylation sites (N-methyl/N-ethyl adjacent to an activating group) is 1. The van der Waals surface area contributed by atoms with Gasteiger partial charge in [-0.1, -0.05) is 24.3 Å². The Labute approximate surface area is 102 Å². The van der Waals surface area contributed by atoms with Crippen LogP contribution in [0.5, 0.6) is 0 Å². The lowest BCUT2D eigenvalue weighted by Gasteiger charge is -2.19. The van der Waals surface area contributed by atoms with Crippen molar-refractivity contribution in [1.82, 2.24) is 4.90 Å². The zero-order valence-corrected chi connectivity index (χ0v) is 10.4. The van der Waals surface area contributed by atoms with Crippen LogP contribution in [0.2, 0.25) is 0 Å². The third-order valence-electron chi connectivity index (χ3n) is 2.85. The van der Waals surface area contributed by atoms with Gasteiger partial charge in [0.2, 0.25) is 0 Å². The van der Waals surface area contributed by atoms with Crippen LogP contribution in [0.1, 0.15) is 11.1 Å². The summed E-state index contributed by atoms with van der Waals surface area (Å²) in [5, 5.41) is 8.71. The predicted octanol–water partition coefficient (Wildman–Crippen LogP) is 0.881. The van der Waals surface area contributed by atoms with E-state index in [1.807, 2.05) is 24.1 Å². The Bertz CT molecular complexity index is 379. The molecule has 0 amide bonds. The van der Waals surface area contributed by atoms with Crippen molar-refractivity contribution in [3.8, 4) is 0 Å². The molecule has 0 saturated carbocycles. The van der Waals surface area contributed by atoms with E-state index in [2.05, 4.69) is 19.1 Å². The summed E-state index contributed by atoms with van der Waals surface area (Å²) in [4.78, 5) is 12.6. The summed E-state index contributed by atoms with van der Waals surface area (Å²) in [6.45, 7) is 3.27. The molecule has 1 aromatic rings. The summed E-state index contributed by atoms with van der Waals surface area (Å²) >= 11 is 0. The van der Waals surface area contributed by atoms with E-state index in [0.717, 1.165) is 13.0 Å². The van der Waals surface area contributed by atoms with Crippen molar-refractivity contribution in [2.45, 2.75) is 19.4 Å². The lowest BCUT2D eigenvalue weighted by molar-refractivity contribution is -0.138. The van der Waals surface area contributed by atoms with Crippen LogP contribution in [-0.2, 0) is 11.2 Å². The minimum Gasteiger partial charge on any atom is -0.480 e. The van der Waals surface area contributed by atoms with Crippen LogP contribution in [0.3, 0.4) is 0 Å². The van der Waals surface area contributed by atoms with Crippen LogP contribution in [0.15, 0.2) is 24.3 Å². The number of benzene rings is 1. The normalized spacial score (nSPS) is 12.7. The maximum Gasteiger partial charge on any atom is 0.321 e. The standard InChI is InChI=1S/C13H20N2O2/c1-10-5-3-4-6-11(10)7-8-15(2)9-12(14)13(16)17/h3-6,12H,7-9,14H2,1-2H3,(H,16,17). The number of rotatable bonds is 6. The lowest BCUT2D eigenvalue weighted by Crippen LogP contribution is -2.41. The molecule has 1 rings (SSSR count). The molecule has 0 aromatic heterocycles. The van der Waals surface area contributed by atoms with E-state index in [9.17, 15) is 4.79 Å². The molecule has 0 aliphatic rings. The van der Waals surface area contributed by atoms with Gasteiger partial charge in [0.15, 0.2) is 0 Å². The molecule has 0 radical (unpaired) electrons. The first-order valence-electron chi connectivity index (χ1n) is 5.72. The van der Waals surface area contributed by atoms with Gasteiger partial charge in [-0.25, -0.2) is 0 Å². The molecule has 1 atom stereocenters. The van der Waals surface area contributed by atoms with E-state index < -0.39 is 12.0 Å². The molecule has 1 unspecified atom stereocenters. The van der Waals surface area contributed by atoms with Crippen LogP contribution < -0.4 is 5.73 Å². The largest absolute Gasteiger partial charge is 0.480 e. The minimum atomic E-state index is -0.951. The molecule has 0 aliphatic carbocycles. The van der Waals surface area contributed by atoms with Crippen LogP contribution >= 0.6 is 0 Å². The average molecular weight is 236 g/mol. The number of carboxylic acids is 1. The van der Waals surface area contributed by atoms with Gasteiger partial charge in [0.1, 0.15) is 6.04 Å². The first-order valence-corrected chi connectivity index (χ1v) is 5.72. The van der Waals surface area contributed by atoms with Crippen molar-refractivity contribution in [2.24, 2.45) is 5.73 Å². The molecule has 3 N–H and O–H groups in total. The molecular formula is C13H20N2O2. The summed E-state index contributed by atoms with van der Waals surface area (Å²) in [7, 11) is 1.89. The van der Waals surface area contributed by atoms with Gasteiger partial charge in [0.05, 0.1) is 0 Å². The fraction of sp³-hybridized carbons (Fsp3) is 0.462. The molecule has 0 heterocycles. The zero-order valence-electron chi connectivity index (χ0n) is 10.4. The van der Waals surface area contributed by atoms with E-state index in [-0.39, 0.29) is 0 Å². The molecule has 4 nitrogen and oxygen atoms in total. The number of aliphatic carboxylic acids is 1. The highest BCUT2D eigenvalue weighted by atomic mass is 16.4. The van der Waals surface area contributed by atoms with Crippen molar-refractivity contribution in [3.63, 3.8) is 0 Å². The second-order valence-corrected chi connectivity index (χ2v) is 4.38. The molecule has 17 heavy (non-hydrogen) atoms. The maximum atomic E-state index is 10.6. The zero-order chi connectivity index (χ0) is 12.8. The van der Waals surface area contributed by atoms with Crippen molar-refractivity contribution < 1.29 is 9.90 Å². The molecule has 94 valence electrons. The Balaban J connectivity index is 2.41. The molecule has 0 saturated heterocycles. The summed E-state index contributed by atoms with van der Waals surface area (Å²) in [6.07, 6.45) is 0.912. The summed E-state index contributed by atoms with van der Waals surface area (Å²) < 4.78 is 0. The first kappa shape index (κ1) is 13.7. The van der Waals surface area contributed by atoms with Crippen LogP contribution in [0, 0.1) is 6.92 Å². The van der Waals surface area contributed by atoms with Gasteiger partial charge < -0.3 is 15.7 Å². The van der Waals surface area contributed by atoms with Crippen molar-refractivity contribution in [2.75, 3.05) is 20.1 Å². The summed E-state index contributed by atoms with van der Waals surface area (Å²) in [5.41, 5.74) is 8.04. The number of nitrogens with two attached hydrogens (primary N) is 1. The molecule has 1 aromatic carbocycles. The van der Waals surface area contributed by atoms with Gasteiger partial charge in [-0.3, -0.25) is 4.79 Å². The van der Waals surface area contributed by atoms with E-state index in [4.69, 9.17) is 10.8 Å². The molecule has 0 aliphatic heterocycles. The predicted molar refractivity (Wildman–Crippen MR) is 68.0 cm³/mol. The van der Waals surface area contributed by atoms with E-state index >= 15 is 0 Å². The van der Waals surface area contributed by atoms with Gasteiger partial charge in [0, 0.05) is 13.1 Å². The summed E-state index contributed by atoms with van der Waals surface area (Å²) in [5.74, 6) is -0.951. The SMILES string of the molecule is Cc1ccccc1CCN(C)CC(N)C(=O)O. The van der Waals surface area contributed by atoms with E-state index in [1.165, 1.54) is 11.1 Å². The molecule has 0 bridgehead atoms. The molecular weight excluding hydrogens is 216 g/mol. The number of carboxylic acid groups (broad SMARTS) is 1. The second kappa shape index (κ2) is 6.37. The highest BCUT2D eigenvalue weighted by Gasteiger charge is 2.13. The van der Waals surface area contributed by atoms with Crippen molar-refractivity contribution in [1.29, 1.82) is 0 Å². The number of carbonyl (C=O) groups is 1. The van der Waals surface area contributed by atoms with Crippen molar-refractivity contribution in [3.05, 3.63) is 35.4 Å². The number of hydrogen-bond acceptors (Lipinski definition) is 3. The van der Waals surface area contributed by atoms with Gasteiger partial charge in [-0.05, 0) is 31.5 Å². The van der Waals surface area contributed by atoms with E-state index in [1.54, 1.807) is 0 Å². The third-order valence-corrected chi connectivity index (χ3v) is 2.85. The third kappa shape index (κ3) is 4.54. The minimum absolute atomic E-state index is 0.376. The fourth-order valence-electron chi connectivity index (χ4n) is 1.71. The van der Waals surface area contributed by atoms with Gasteiger partial charge in [0.25, 0.3) is 0 Å².